The van der Waals surface area contributed by atoms with Crippen LogP contribution in [0.1, 0.15) is 38.2 Å². The molecule has 1 fully saturated rings. The zero-order valence-electron chi connectivity index (χ0n) is 12.4. The van der Waals surface area contributed by atoms with Crippen LogP contribution in [0.15, 0.2) is 29.2 Å². The van der Waals surface area contributed by atoms with E-state index in [0.717, 1.165) is 30.6 Å². The molecular weight excluding hydrogens is 286 g/mol. The predicted octanol–water partition coefficient (Wildman–Crippen LogP) is 2.99. The molecule has 0 aliphatic heterocycles. The number of benzene rings is 1. The second-order valence-corrected chi connectivity index (χ2v) is 7.11. The first kappa shape index (κ1) is 15.9. The Kier molecular flexibility index (Phi) is 4.93. The fourth-order valence-corrected chi connectivity index (χ4v) is 3.91. The van der Waals surface area contributed by atoms with Crippen molar-refractivity contribution < 1.29 is 14.7 Å². The van der Waals surface area contributed by atoms with Crippen molar-refractivity contribution in [2.75, 3.05) is 0 Å². The van der Waals surface area contributed by atoms with Crippen molar-refractivity contribution in [1.82, 2.24) is 5.32 Å². The summed E-state index contributed by atoms with van der Waals surface area (Å²) in [6.07, 6.45) is 3.61. The normalized spacial score (nSPS) is 18.2. The summed E-state index contributed by atoms with van der Waals surface area (Å²) in [4.78, 5) is 24.5. The van der Waals surface area contributed by atoms with Crippen LogP contribution >= 0.6 is 11.8 Å². The van der Waals surface area contributed by atoms with Gasteiger partial charge >= 0.3 is 5.97 Å². The molecular formula is C16H21NO3S. The number of rotatable bonds is 5. The van der Waals surface area contributed by atoms with Crippen LogP contribution in [0.2, 0.25) is 0 Å². The lowest BCUT2D eigenvalue weighted by molar-refractivity contribution is -0.141. The van der Waals surface area contributed by atoms with E-state index in [1.54, 1.807) is 11.8 Å². The highest BCUT2D eigenvalue weighted by Crippen LogP contribution is 2.45. The molecule has 0 radical (unpaired) electrons. The highest BCUT2D eigenvalue weighted by atomic mass is 32.2. The number of amides is 1. The predicted molar refractivity (Wildman–Crippen MR) is 83.5 cm³/mol. The zero-order valence-corrected chi connectivity index (χ0v) is 13.2. The number of hydrogen-bond acceptors (Lipinski definition) is 3. The average Bonchev–Trinajstić information content (AvgIpc) is 2.91. The van der Waals surface area contributed by atoms with Gasteiger partial charge in [0.25, 0.3) is 0 Å². The van der Waals surface area contributed by atoms with E-state index in [2.05, 4.69) is 5.32 Å². The molecule has 2 N–H and O–H groups in total. The molecule has 0 heterocycles. The summed E-state index contributed by atoms with van der Waals surface area (Å²) in [5.41, 5.74) is 1.18. The highest BCUT2D eigenvalue weighted by Gasteiger charge is 2.43. The third-order valence-electron chi connectivity index (χ3n) is 3.88. The number of hydrogen-bond donors (Lipinski definition) is 2. The van der Waals surface area contributed by atoms with Gasteiger partial charge in [-0.15, -0.1) is 11.8 Å². The van der Waals surface area contributed by atoms with Gasteiger partial charge in [0.1, 0.15) is 6.04 Å². The van der Waals surface area contributed by atoms with E-state index in [9.17, 15) is 9.59 Å². The molecule has 5 heteroatoms. The van der Waals surface area contributed by atoms with Crippen LogP contribution in [0.4, 0.5) is 0 Å². The van der Waals surface area contributed by atoms with Crippen LogP contribution in [0, 0.1) is 6.92 Å². The summed E-state index contributed by atoms with van der Waals surface area (Å²) in [6.45, 7) is 3.53. The minimum absolute atomic E-state index is 0.152. The smallest absolute Gasteiger partial charge is 0.325 e. The molecule has 21 heavy (non-hydrogen) atoms. The van der Waals surface area contributed by atoms with Gasteiger partial charge in [0, 0.05) is 4.90 Å². The van der Waals surface area contributed by atoms with Crippen molar-refractivity contribution in [2.45, 2.75) is 55.2 Å². The number of carboxylic acid groups (broad SMARTS) is 1. The number of carbonyl (C=O) groups is 2. The van der Waals surface area contributed by atoms with Crippen molar-refractivity contribution in [3.05, 3.63) is 29.8 Å². The molecule has 4 nitrogen and oxygen atoms in total. The van der Waals surface area contributed by atoms with E-state index in [0.29, 0.717) is 0 Å². The Balaban J connectivity index is 2.14. The molecule has 0 saturated heterocycles. The molecule has 1 unspecified atom stereocenters. The van der Waals surface area contributed by atoms with Crippen molar-refractivity contribution in [2.24, 2.45) is 0 Å². The van der Waals surface area contributed by atoms with Gasteiger partial charge in [-0.2, -0.15) is 0 Å². The summed E-state index contributed by atoms with van der Waals surface area (Å²) in [5, 5.41) is 11.6. The van der Waals surface area contributed by atoms with Crippen molar-refractivity contribution in [3.63, 3.8) is 0 Å². The summed E-state index contributed by atoms with van der Waals surface area (Å²) in [5.74, 6) is -1.16. The van der Waals surface area contributed by atoms with Crippen LogP contribution in [0.25, 0.3) is 0 Å². The third-order valence-corrected chi connectivity index (χ3v) is 5.37. The lowest BCUT2D eigenvalue weighted by Gasteiger charge is -2.28. The molecule has 1 amide bonds. The van der Waals surface area contributed by atoms with E-state index in [-0.39, 0.29) is 5.91 Å². The number of aryl methyl sites for hydroxylation is 1. The summed E-state index contributed by atoms with van der Waals surface area (Å²) in [6, 6.07) is 7.25. The Morgan fingerprint density at radius 3 is 2.33 bits per heavy atom. The van der Waals surface area contributed by atoms with Crippen LogP contribution < -0.4 is 5.32 Å². The van der Waals surface area contributed by atoms with Gasteiger partial charge in [0.05, 0.1) is 4.75 Å². The summed E-state index contributed by atoms with van der Waals surface area (Å²) < 4.78 is -0.529. The van der Waals surface area contributed by atoms with Crippen molar-refractivity contribution in [1.29, 1.82) is 0 Å². The molecule has 0 bridgehead atoms. The maximum atomic E-state index is 12.6. The van der Waals surface area contributed by atoms with Crippen molar-refractivity contribution >= 4 is 23.6 Å². The summed E-state index contributed by atoms with van der Waals surface area (Å²) in [7, 11) is 0. The Hall–Kier alpha value is -1.49. The van der Waals surface area contributed by atoms with Gasteiger partial charge < -0.3 is 10.4 Å². The van der Waals surface area contributed by atoms with Crippen molar-refractivity contribution in [3.8, 4) is 0 Å². The zero-order chi connectivity index (χ0) is 15.5. The van der Waals surface area contributed by atoms with Gasteiger partial charge in [-0.05, 0) is 38.8 Å². The number of carbonyl (C=O) groups excluding carboxylic acids is 1. The largest absolute Gasteiger partial charge is 0.480 e. The average molecular weight is 307 g/mol. The maximum Gasteiger partial charge on any atom is 0.325 e. The number of aliphatic carboxylic acids is 1. The third kappa shape index (κ3) is 3.79. The fourth-order valence-electron chi connectivity index (χ4n) is 2.54. The van der Waals surface area contributed by atoms with Gasteiger partial charge in [-0.3, -0.25) is 9.59 Å². The fraction of sp³-hybridized carbons (Fsp3) is 0.500. The highest BCUT2D eigenvalue weighted by molar-refractivity contribution is 8.01. The van der Waals surface area contributed by atoms with Crippen LogP contribution in [0.3, 0.4) is 0 Å². The van der Waals surface area contributed by atoms with E-state index in [1.165, 1.54) is 12.5 Å². The molecule has 1 aliphatic carbocycles. The molecule has 1 aromatic carbocycles. The molecule has 1 aromatic rings. The first-order chi connectivity index (χ1) is 9.93. The number of nitrogens with one attached hydrogen (secondary N) is 1. The lowest BCUT2D eigenvalue weighted by atomic mass is 10.1. The molecule has 1 atom stereocenters. The molecule has 0 aromatic heterocycles. The molecule has 2 rings (SSSR count). The van der Waals surface area contributed by atoms with Crippen LogP contribution in [-0.4, -0.2) is 27.8 Å². The Labute approximate surface area is 129 Å². The Bertz CT molecular complexity index is 521. The number of carboxylic acids is 1. The molecule has 1 aliphatic rings. The second-order valence-electron chi connectivity index (χ2n) is 5.65. The van der Waals surface area contributed by atoms with Gasteiger partial charge in [0.15, 0.2) is 0 Å². The summed E-state index contributed by atoms with van der Waals surface area (Å²) >= 11 is 1.56. The first-order valence-corrected chi connectivity index (χ1v) is 8.04. The number of thioether (sulfide) groups is 1. The maximum absolute atomic E-state index is 12.6. The SMILES string of the molecule is Cc1ccc(SC2(C(=O)NC(C)C(=O)O)CCCC2)cc1. The van der Waals surface area contributed by atoms with E-state index in [4.69, 9.17) is 5.11 Å². The Morgan fingerprint density at radius 2 is 1.81 bits per heavy atom. The standard InChI is InChI=1S/C16H21NO3S/c1-11-5-7-13(8-6-11)21-16(9-3-4-10-16)15(20)17-12(2)14(18)19/h5-8,12H,3-4,9-10H2,1-2H3,(H,17,20)(H,18,19). The van der Waals surface area contributed by atoms with Gasteiger partial charge in [0.2, 0.25) is 5.91 Å². The molecule has 114 valence electrons. The van der Waals surface area contributed by atoms with Gasteiger partial charge in [-0.1, -0.05) is 30.5 Å². The monoisotopic (exact) mass is 307 g/mol. The van der Waals surface area contributed by atoms with E-state index < -0.39 is 16.8 Å². The first-order valence-electron chi connectivity index (χ1n) is 7.22. The Morgan fingerprint density at radius 1 is 1.24 bits per heavy atom. The van der Waals surface area contributed by atoms with Crippen LogP contribution in [-0.2, 0) is 9.59 Å². The topological polar surface area (TPSA) is 66.4 Å². The second kappa shape index (κ2) is 6.52. The quantitative estimate of drug-likeness (QED) is 0.877. The molecule has 0 spiro atoms. The van der Waals surface area contributed by atoms with E-state index >= 15 is 0 Å². The minimum Gasteiger partial charge on any atom is -0.480 e. The minimum atomic E-state index is -1.00. The van der Waals surface area contributed by atoms with Crippen LogP contribution in [0.5, 0.6) is 0 Å². The lowest BCUT2D eigenvalue weighted by Crippen LogP contribution is -2.48. The van der Waals surface area contributed by atoms with E-state index in [1.807, 2.05) is 31.2 Å². The molecule has 1 saturated carbocycles. The van der Waals surface area contributed by atoms with Gasteiger partial charge in [-0.25, -0.2) is 0 Å².